The maximum atomic E-state index is 5.87. The summed E-state index contributed by atoms with van der Waals surface area (Å²) in [7, 11) is 1.62. The Bertz CT molecular complexity index is 410. The molecule has 2 atom stereocenters. The van der Waals surface area contributed by atoms with Crippen LogP contribution in [0.1, 0.15) is 31.7 Å². The summed E-state index contributed by atoms with van der Waals surface area (Å²) in [6.07, 6.45) is 0.392. The summed E-state index contributed by atoms with van der Waals surface area (Å²) < 4.78 is 16.0. The minimum Gasteiger partial charge on any atom is -0.383 e. The van der Waals surface area contributed by atoms with Crippen LogP contribution >= 0.6 is 0 Å². The Hall–Kier alpha value is -1.02. The van der Waals surface area contributed by atoms with Gasteiger partial charge in [-0.2, -0.15) is 4.98 Å². The predicted octanol–water partition coefficient (Wildman–Crippen LogP) is 0.368. The fourth-order valence-electron chi connectivity index (χ4n) is 2.27. The number of rotatable bonds is 6. The molecule has 0 radical (unpaired) electrons. The Balaban J connectivity index is 1.94. The van der Waals surface area contributed by atoms with Crippen LogP contribution in [0.4, 0.5) is 0 Å². The van der Waals surface area contributed by atoms with Gasteiger partial charge in [-0.1, -0.05) is 5.16 Å². The Morgan fingerprint density at radius 2 is 2.30 bits per heavy atom. The first-order chi connectivity index (χ1) is 9.60. The molecule has 2 unspecified atom stereocenters. The minimum absolute atomic E-state index is 0.123. The van der Waals surface area contributed by atoms with Crippen LogP contribution in [-0.4, -0.2) is 60.5 Å². The van der Waals surface area contributed by atoms with E-state index >= 15 is 0 Å². The largest absolute Gasteiger partial charge is 0.383 e. The predicted molar refractivity (Wildman–Crippen MR) is 73.3 cm³/mol. The van der Waals surface area contributed by atoms with Gasteiger partial charge in [0, 0.05) is 38.7 Å². The van der Waals surface area contributed by atoms with Crippen molar-refractivity contribution >= 4 is 0 Å². The van der Waals surface area contributed by atoms with Gasteiger partial charge in [0.05, 0.1) is 13.2 Å². The van der Waals surface area contributed by atoms with Crippen molar-refractivity contribution in [3.8, 4) is 0 Å². The topological polar surface area (TPSA) is 86.6 Å². The Morgan fingerprint density at radius 3 is 3.00 bits per heavy atom. The highest BCUT2D eigenvalue weighted by Gasteiger charge is 2.27. The van der Waals surface area contributed by atoms with E-state index in [1.807, 2.05) is 0 Å². The second-order valence-electron chi connectivity index (χ2n) is 5.41. The third-order valence-electron chi connectivity index (χ3n) is 3.42. The fourth-order valence-corrected chi connectivity index (χ4v) is 2.27. The van der Waals surface area contributed by atoms with Crippen molar-refractivity contribution < 1.29 is 14.0 Å². The maximum absolute atomic E-state index is 5.87. The average molecular weight is 284 g/mol. The van der Waals surface area contributed by atoms with E-state index in [1.54, 1.807) is 7.11 Å². The average Bonchev–Trinajstić information content (AvgIpc) is 2.87. The molecule has 2 heterocycles. The van der Waals surface area contributed by atoms with Crippen LogP contribution in [0, 0.1) is 0 Å². The highest BCUT2D eigenvalue weighted by molar-refractivity contribution is 4.95. The standard InChI is InChI=1S/C13H24N4O3/c1-9(2)17-4-5-19-11(7-17)13-15-12(20-16-13)6-10(14)8-18-3/h9-11H,4-8,14H2,1-3H3. The quantitative estimate of drug-likeness (QED) is 0.807. The summed E-state index contributed by atoms with van der Waals surface area (Å²) >= 11 is 0. The molecule has 0 saturated carbocycles. The molecule has 1 aliphatic heterocycles. The molecule has 1 saturated heterocycles. The number of hydrogen-bond acceptors (Lipinski definition) is 7. The van der Waals surface area contributed by atoms with Gasteiger partial charge in [-0.05, 0) is 13.8 Å². The first-order valence-electron chi connectivity index (χ1n) is 7.02. The molecule has 1 aliphatic rings. The van der Waals surface area contributed by atoms with Gasteiger partial charge < -0.3 is 19.7 Å². The second kappa shape index (κ2) is 7.12. The van der Waals surface area contributed by atoms with Gasteiger partial charge in [-0.3, -0.25) is 4.90 Å². The van der Waals surface area contributed by atoms with E-state index < -0.39 is 0 Å². The lowest BCUT2D eigenvalue weighted by molar-refractivity contribution is -0.0450. The van der Waals surface area contributed by atoms with Crippen LogP contribution in [0.25, 0.3) is 0 Å². The lowest BCUT2D eigenvalue weighted by Crippen LogP contribution is -2.42. The number of aromatic nitrogens is 2. The molecular formula is C13H24N4O3. The lowest BCUT2D eigenvalue weighted by Gasteiger charge is -2.34. The monoisotopic (exact) mass is 284 g/mol. The molecule has 0 bridgehead atoms. The van der Waals surface area contributed by atoms with E-state index in [4.69, 9.17) is 19.7 Å². The maximum Gasteiger partial charge on any atom is 0.228 e. The molecule has 0 aromatic carbocycles. The molecule has 114 valence electrons. The molecule has 2 N–H and O–H groups in total. The summed E-state index contributed by atoms with van der Waals surface area (Å²) in [6, 6.07) is 0.357. The van der Waals surface area contributed by atoms with E-state index in [-0.39, 0.29) is 12.1 Å². The van der Waals surface area contributed by atoms with E-state index in [2.05, 4.69) is 28.9 Å². The second-order valence-corrected chi connectivity index (χ2v) is 5.41. The van der Waals surface area contributed by atoms with Crippen LogP contribution in [0.3, 0.4) is 0 Å². The Kier molecular flexibility index (Phi) is 5.47. The lowest BCUT2D eigenvalue weighted by atomic mass is 10.2. The Morgan fingerprint density at radius 1 is 1.50 bits per heavy atom. The van der Waals surface area contributed by atoms with E-state index in [1.165, 1.54) is 0 Å². The van der Waals surface area contributed by atoms with Crippen molar-refractivity contribution in [2.75, 3.05) is 33.4 Å². The highest BCUT2D eigenvalue weighted by atomic mass is 16.5. The van der Waals surface area contributed by atoms with Crippen LogP contribution in [0.5, 0.6) is 0 Å². The molecule has 1 aromatic heterocycles. The number of ether oxygens (including phenoxy) is 2. The summed E-state index contributed by atoms with van der Waals surface area (Å²) in [6.45, 7) is 7.24. The fraction of sp³-hybridized carbons (Fsp3) is 0.846. The summed E-state index contributed by atoms with van der Waals surface area (Å²) in [5.41, 5.74) is 5.87. The van der Waals surface area contributed by atoms with E-state index in [9.17, 15) is 0 Å². The van der Waals surface area contributed by atoms with Crippen LogP contribution in [0.15, 0.2) is 4.52 Å². The summed E-state index contributed by atoms with van der Waals surface area (Å²) in [4.78, 5) is 6.73. The van der Waals surface area contributed by atoms with E-state index in [0.29, 0.717) is 37.4 Å². The Labute approximate surface area is 119 Å². The molecule has 7 nitrogen and oxygen atoms in total. The summed E-state index contributed by atoms with van der Waals surface area (Å²) in [5, 5.41) is 4.01. The van der Waals surface area contributed by atoms with Gasteiger partial charge in [-0.25, -0.2) is 0 Å². The number of hydrogen-bond donors (Lipinski definition) is 1. The molecule has 20 heavy (non-hydrogen) atoms. The summed E-state index contributed by atoms with van der Waals surface area (Å²) in [5.74, 6) is 1.14. The molecule has 2 rings (SSSR count). The van der Waals surface area contributed by atoms with Gasteiger partial charge in [0.1, 0.15) is 6.10 Å². The zero-order chi connectivity index (χ0) is 14.5. The van der Waals surface area contributed by atoms with E-state index in [0.717, 1.165) is 13.1 Å². The van der Waals surface area contributed by atoms with Crippen molar-refractivity contribution in [1.82, 2.24) is 15.0 Å². The zero-order valence-electron chi connectivity index (χ0n) is 12.4. The molecule has 0 amide bonds. The number of nitrogens with zero attached hydrogens (tertiary/aromatic N) is 3. The van der Waals surface area contributed by atoms with Gasteiger partial charge in [0.25, 0.3) is 0 Å². The van der Waals surface area contributed by atoms with Crippen LogP contribution in [0.2, 0.25) is 0 Å². The van der Waals surface area contributed by atoms with Crippen molar-refractivity contribution in [3.63, 3.8) is 0 Å². The van der Waals surface area contributed by atoms with Gasteiger partial charge in [0.15, 0.2) is 0 Å². The first kappa shape index (κ1) is 15.4. The third kappa shape index (κ3) is 3.99. The first-order valence-corrected chi connectivity index (χ1v) is 7.02. The van der Waals surface area contributed by atoms with Crippen LogP contribution in [-0.2, 0) is 15.9 Å². The van der Waals surface area contributed by atoms with Gasteiger partial charge >= 0.3 is 0 Å². The van der Waals surface area contributed by atoms with Crippen molar-refractivity contribution in [3.05, 3.63) is 11.7 Å². The minimum atomic E-state index is -0.132. The molecular weight excluding hydrogens is 260 g/mol. The molecule has 0 spiro atoms. The SMILES string of the molecule is COCC(N)Cc1nc(C2CN(C(C)C)CCO2)no1. The third-order valence-corrected chi connectivity index (χ3v) is 3.42. The van der Waals surface area contributed by atoms with Crippen molar-refractivity contribution in [2.45, 2.75) is 38.5 Å². The van der Waals surface area contributed by atoms with Gasteiger partial charge in [-0.15, -0.1) is 0 Å². The smallest absolute Gasteiger partial charge is 0.228 e. The molecule has 0 aliphatic carbocycles. The highest BCUT2D eigenvalue weighted by Crippen LogP contribution is 2.21. The normalized spacial score (nSPS) is 22.4. The van der Waals surface area contributed by atoms with Crippen molar-refractivity contribution in [2.24, 2.45) is 5.73 Å². The van der Waals surface area contributed by atoms with Crippen LogP contribution < -0.4 is 5.73 Å². The zero-order valence-corrected chi connectivity index (χ0v) is 12.4. The number of methoxy groups -OCH3 is 1. The molecule has 1 aromatic rings. The van der Waals surface area contributed by atoms with Crippen molar-refractivity contribution in [1.29, 1.82) is 0 Å². The molecule has 1 fully saturated rings. The number of morpholine rings is 1. The van der Waals surface area contributed by atoms with Gasteiger partial charge in [0.2, 0.25) is 11.7 Å². The molecule has 7 heteroatoms. The number of nitrogens with two attached hydrogens (primary N) is 1.